The molecule has 0 bridgehead atoms. The number of anilines is 3. The number of hydrogen-bond donors (Lipinski definition) is 3. The largest absolute Gasteiger partial charge is 0.379 e. The fraction of sp³-hybridized carbons (Fsp3) is 0.0526. The summed E-state index contributed by atoms with van der Waals surface area (Å²) in [7, 11) is 0. The minimum atomic E-state index is 0.479. The fourth-order valence-corrected chi connectivity index (χ4v) is 2.68. The number of nitrogens with one attached hydrogen (secondary N) is 3. The smallest absolute Gasteiger partial charge is 0.103 e. The summed E-state index contributed by atoms with van der Waals surface area (Å²) in [5.41, 5.74) is 4.73. The van der Waals surface area contributed by atoms with Crippen LogP contribution in [0.25, 0.3) is 10.9 Å². The third kappa shape index (κ3) is 3.16. The zero-order valence-electron chi connectivity index (χ0n) is 13.8. The Morgan fingerprint density at radius 2 is 2.04 bits per heavy atom. The van der Waals surface area contributed by atoms with E-state index < -0.39 is 0 Å². The molecule has 0 atom stereocenters. The SMILES string of the molecule is N#Cc1cnc2ccc(NCc3cnc[nH]3)cc2c1Nc1cccnc1. The molecule has 0 aliphatic rings. The van der Waals surface area contributed by atoms with E-state index in [4.69, 9.17) is 0 Å². The maximum atomic E-state index is 9.48. The van der Waals surface area contributed by atoms with Gasteiger partial charge in [-0.05, 0) is 30.3 Å². The summed E-state index contributed by atoms with van der Waals surface area (Å²) in [6.07, 6.45) is 8.43. The predicted molar refractivity (Wildman–Crippen MR) is 99.9 cm³/mol. The zero-order chi connectivity index (χ0) is 17.8. The second-order valence-corrected chi connectivity index (χ2v) is 5.69. The van der Waals surface area contributed by atoms with Crippen molar-refractivity contribution in [1.29, 1.82) is 5.26 Å². The Bertz CT molecular complexity index is 1070. The quantitative estimate of drug-likeness (QED) is 0.513. The molecule has 0 radical (unpaired) electrons. The van der Waals surface area contributed by atoms with Gasteiger partial charge in [0, 0.05) is 29.7 Å². The average Bonchev–Trinajstić information content (AvgIpc) is 3.21. The van der Waals surface area contributed by atoms with Gasteiger partial charge in [-0.25, -0.2) is 4.98 Å². The van der Waals surface area contributed by atoms with Crippen LogP contribution in [0.2, 0.25) is 0 Å². The molecule has 0 unspecified atom stereocenters. The van der Waals surface area contributed by atoms with E-state index in [-0.39, 0.29) is 0 Å². The molecular weight excluding hydrogens is 326 g/mol. The minimum absolute atomic E-state index is 0.479. The highest BCUT2D eigenvalue weighted by Gasteiger charge is 2.10. The maximum absolute atomic E-state index is 9.48. The number of benzene rings is 1. The van der Waals surface area contributed by atoms with Gasteiger partial charge in [-0.3, -0.25) is 9.97 Å². The van der Waals surface area contributed by atoms with E-state index in [0.717, 1.165) is 33.7 Å². The van der Waals surface area contributed by atoms with Crippen LogP contribution in [-0.4, -0.2) is 19.9 Å². The van der Waals surface area contributed by atoms with E-state index in [1.54, 1.807) is 31.1 Å². The van der Waals surface area contributed by atoms with Crippen LogP contribution in [0.1, 0.15) is 11.3 Å². The lowest BCUT2D eigenvalue weighted by atomic mass is 10.1. The molecule has 0 spiro atoms. The summed E-state index contributed by atoms with van der Waals surface area (Å²) in [6, 6.07) is 11.8. The molecule has 7 heteroatoms. The number of nitrogens with zero attached hydrogens (tertiary/aromatic N) is 4. The van der Waals surface area contributed by atoms with Crippen molar-refractivity contribution < 1.29 is 0 Å². The Kier molecular flexibility index (Phi) is 4.14. The first-order valence-electron chi connectivity index (χ1n) is 8.04. The lowest BCUT2D eigenvalue weighted by Crippen LogP contribution is -2.01. The fourth-order valence-electron chi connectivity index (χ4n) is 2.68. The van der Waals surface area contributed by atoms with Crippen LogP contribution in [0, 0.1) is 11.3 Å². The maximum Gasteiger partial charge on any atom is 0.103 e. The molecule has 4 rings (SSSR count). The van der Waals surface area contributed by atoms with Gasteiger partial charge in [0.15, 0.2) is 0 Å². The van der Waals surface area contributed by atoms with E-state index in [2.05, 4.69) is 36.6 Å². The Hall–Kier alpha value is -3.92. The van der Waals surface area contributed by atoms with Gasteiger partial charge < -0.3 is 15.6 Å². The van der Waals surface area contributed by atoms with Crippen molar-refractivity contribution in [3.8, 4) is 6.07 Å². The van der Waals surface area contributed by atoms with E-state index >= 15 is 0 Å². The first-order chi connectivity index (χ1) is 12.8. The van der Waals surface area contributed by atoms with Crippen LogP contribution >= 0.6 is 0 Å². The number of hydrogen-bond acceptors (Lipinski definition) is 6. The first kappa shape index (κ1) is 15.6. The lowest BCUT2D eigenvalue weighted by molar-refractivity contribution is 1.07. The Balaban J connectivity index is 1.72. The van der Waals surface area contributed by atoms with E-state index in [1.807, 2.05) is 30.3 Å². The average molecular weight is 341 g/mol. The van der Waals surface area contributed by atoms with Crippen molar-refractivity contribution in [2.24, 2.45) is 0 Å². The van der Waals surface area contributed by atoms with E-state index in [1.165, 1.54) is 0 Å². The molecule has 0 saturated heterocycles. The molecule has 0 saturated carbocycles. The molecule has 7 nitrogen and oxygen atoms in total. The van der Waals surface area contributed by atoms with Gasteiger partial charge in [-0.15, -0.1) is 0 Å². The molecule has 0 aliphatic heterocycles. The summed E-state index contributed by atoms with van der Waals surface area (Å²) in [5.74, 6) is 0. The number of nitriles is 1. The van der Waals surface area contributed by atoms with Crippen molar-refractivity contribution in [2.75, 3.05) is 10.6 Å². The third-order valence-corrected chi connectivity index (χ3v) is 3.96. The number of H-pyrrole nitrogens is 1. The predicted octanol–water partition coefficient (Wildman–Crippen LogP) is 3.58. The van der Waals surface area contributed by atoms with Crippen molar-refractivity contribution in [3.63, 3.8) is 0 Å². The topological polar surface area (TPSA) is 102 Å². The molecule has 4 aromatic rings. The molecule has 26 heavy (non-hydrogen) atoms. The molecule has 0 amide bonds. The monoisotopic (exact) mass is 341 g/mol. The van der Waals surface area contributed by atoms with Crippen LogP contribution in [0.15, 0.2) is 61.4 Å². The van der Waals surface area contributed by atoms with Gasteiger partial charge in [0.05, 0.1) is 47.2 Å². The van der Waals surface area contributed by atoms with Crippen LogP contribution in [0.5, 0.6) is 0 Å². The number of aromatic amines is 1. The number of aromatic nitrogens is 4. The molecule has 3 aromatic heterocycles. The van der Waals surface area contributed by atoms with Gasteiger partial charge in [-0.2, -0.15) is 5.26 Å². The second kappa shape index (κ2) is 6.91. The Morgan fingerprint density at radius 1 is 1.08 bits per heavy atom. The van der Waals surface area contributed by atoms with Gasteiger partial charge in [0.1, 0.15) is 6.07 Å². The standard InChI is InChI=1S/C19H15N7/c20-7-13-8-24-18-4-3-14(23-11-16-10-22-12-25-16)6-17(18)19(13)26-15-2-1-5-21-9-15/h1-6,8-10,12,23H,11H2,(H,22,25)(H,24,26). The van der Waals surface area contributed by atoms with Crippen molar-refractivity contribution >= 4 is 28.0 Å². The highest BCUT2D eigenvalue weighted by atomic mass is 14.9. The summed E-state index contributed by atoms with van der Waals surface area (Å²) in [5, 5.41) is 17.0. The summed E-state index contributed by atoms with van der Waals surface area (Å²) < 4.78 is 0. The third-order valence-electron chi connectivity index (χ3n) is 3.96. The number of pyridine rings is 2. The lowest BCUT2D eigenvalue weighted by Gasteiger charge is -2.13. The van der Waals surface area contributed by atoms with Crippen molar-refractivity contribution in [3.05, 3.63) is 72.7 Å². The van der Waals surface area contributed by atoms with Gasteiger partial charge >= 0.3 is 0 Å². The zero-order valence-corrected chi connectivity index (χ0v) is 13.8. The number of rotatable bonds is 5. The summed E-state index contributed by atoms with van der Waals surface area (Å²) in [4.78, 5) is 15.6. The molecule has 126 valence electrons. The first-order valence-corrected chi connectivity index (χ1v) is 8.04. The number of fused-ring (bicyclic) bond motifs is 1. The van der Waals surface area contributed by atoms with Crippen LogP contribution in [-0.2, 0) is 6.54 Å². The van der Waals surface area contributed by atoms with Crippen molar-refractivity contribution in [1.82, 2.24) is 19.9 Å². The van der Waals surface area contributed by atoms with Crippen LogP contribution in [0.3, 0.4) is 0 Å². The normalized spacial score (nSPS) is 10.4. The molecule has 0 aliphatic carbocycles. The van der Waals surface area contributed by atoms with Gasteiger partial charge in [0.2, 0.25) is 0 Å². The minimum Gasteiger partial charge on any atom is -0.379 e. The van der Waals surface area contributed by atoms with Crippen LogP contribution < -0.4 is 10.6 Å². The Labute approximate surface area is 149 Å². The summed E-state index contributed by atoms with van der Waals surface area (Å²) in [6.45, 7) is 0.627. The van der Waals surface area contributed by atoms with Gasteiger partial charge in [-0.1, -0.05) is 0 Å². The highest BCUT2D eigenvalue weighted by Crippen LogP contribution is 2.30. The van der Waals surface area contributed by atoms with E-state index in [9.17, 15) is 5.26 Å². The molecule has 3 heterocycles. The molecular formula is C19H15N7. The van der Waals surface area contributed by atoms with E-state index in [0.29, 0.717) is 12.1 Å². The Morgan fingerprint density at radius 3 is 2.81 bits per heavy atom. The molecule has 1 aromatic carbocycles. The molecule has 3 N–H and O–H groups in total. The summed E-state index contributed by atoms with van der Waals surface area (Å²) >= 11 is 0. The highest BCUT2D eigenvalue weighted by molar-refractivity contribution is 5.97. The molecule has 0 fully saturated rings. The van der Waals surface area contributed by atoms with Gasteiger partial charge in [0.25, 0.3) is 0 Å². The van der Waals surface area contributed by atoms with Crippen LogP contribution in [0.4, 0.5) is 17.1 Å². The second-order valence-electron chi connectivity index (χ2n) is 5.69. The van der Waals surface area contributed by atoms with Crippen molar-refractivity contribution in [2.45, 2.75) is 6.54 Å². The number of imidazole rings is 1.